The van der Waals surface area contributed by atoms with Crippen LogP contribution in [0.3, 0.4) is 0 Å². The third-order valence-electron chi connectivity index (χ3n) is 6.46. The molecule has 0 bridgehead atoms. The van der Waals surface area contributed by atoms with Gasteiger partial charge >= 0.3 is 0 Å². The van der Waals surface area contributed by atoms with Gasteiger partial charge in [0.05, 0.1) is 13.0 Å². The van der Waals surface area contributed by atoms with Crippen molar-refractivity contribution in [3.05, 3.63) is 29.8 Å². The smallest absolute Gasteiger partial charge is 0.254 e. The summed E-state index contributed by atoms with van der Waals surface area (Å²) in [6, 6.07) is 7.26. The Kier molecular flexibility index (Phi) is 5.08. The summed E-state index contributed by atoms with van der Waals surface area (Å²) in [5.41, 5.74) is 0.470. The molecule has 0 saturated carbocycles. The molecule has 1 unspecified atom stereocenters. The predicted octanol–water partition coefficient (Wildman–Crippen LogP) is 2.19. The van der Waals surface area contributed by atoms with Crippen LogP contribution in [0.2, 0.25) is 0 Å². The molecule has 1 aromatic carbocycles. The summed E-state index contributed by atoms with van der Waals surface area (Å²) < 4.78 is 10.8. The Labute approximate surface area is 160 Å². The molecule has 6 nitrogen and oxygen atoms in total. The summed E-state index contributed by atoms with van der Waals surface area (Å²) >= 11 is 0. The molecule has 146 valence electrons. The lowest BCUT2D eigenvalue weighted by molar-refractivity contribution is -0.139. The van der Waals surface area contributed by atoms with Gasteiger partial charge in [0.25, 0.3) is 5.91 Å². The molecular formula is C21H28N2O4. The van der Waals surface area contributed by atoms with E-state index in [2.05, 4.69) is 0 Å². The average molecular weight is 372 g/mol. The highest BCUT2D eigenvalue weighted by molar-refractivity contribution is 5.95. The monoisotopic (exact) mass is 372 g/mol. The number of carbonyl (C=O) groups excluding carboxylic acids is 2. The van der Waals surface area contributed by atoms with Crippen molar-refractivity contribution in [3.8, 4) is 5.75 Å². The van der Waals surface area contributed by atoms with Crippen molar-refractivity contribution in [2.24, 2.45) is 11.3 Å². The Morgan fingerprint density at radius 2 is 1.89 bits per heavy atom. The average Bonchev–Trinajstić information content (AvgIpc) is 3.36. The van der Waals surface area contributed by atoms with E-state index in [0.29, 0.717) is 37.6 Å². The van der Waals surface area contributed by atoms with E-state index >= 15 is 0 Å². The molecule has 3 fully saturated rings. The number of hydrogen-bond acceptors (Lipinski definition) is 4. The fourth-order valence-corrected chi connectivity index (χ4v) is 4.84. The van der Waals surface area contributed by atoms with E-state index in [4.69, 9.17) is 9.47 Å². The van der Waals surface area contributed by atoms with Crippen molar-refractivity contribution in [2.45, 2.75) is 25.7 Å². The maximum absolute atomic E-state index is 13.3. The van der Waals surface area contributed by atoms with E-state index in [1.165, 1.54) is 0 Å². The van der Waals surface area contributed by atoms with Crippen molar-refractivity contribution in [2.75, 3.05) is 46.5 Å². The molecule has 3 aliphatic rings. The van der Waals surface area contributed by atoms with Gasteiger partial charge in [0.1, 0.15) is 5.75 Å². The second-order valence-electron chi connectivity index (χ2n) is 7.98. The second kappa shape index (κ2) is 7.50. The van der Waals surface area contributed by atoms with E-state index in [9.17, 15) is 9.59 Å². The molecule has 2 amide bonds. The normalized spacial score (nSPS) is 24.4. The van der Waals surface area contributed by atoms with Crippen molar-refractivity contribution >= 4 is 11.8 Å². The van der Waals surface area contributed by atoms with Gasteiger partial charge in [-0.2, -0.15) is 0 Å². The lowest BCUT2D eigenvalue weighted by Gasteiger charge is -2.38. The van der Waals surface area contributed by atoms with Gasteiger partial charge in [-0.15, -0.1) is 0 Å². The van der Waals surface area contributed by atoms with Crippen LogP contribution in [0.5, 0.6) is 5.75 Å². The molecule has 0 N–H and O–H groups in total. The van der Waals surface area contributed by atoms with Crippen molar-refractivity contribution < 1.29 is 19.1 Å². The minimum Gasteiger partial charge on any atom is -0.497 e. The number of hydrogen-bond donors (Lipinski definition) is 0. The Bertz CT molecular complexity index is 708. The first kappa shape index (κ1) is 18.3. The summed E-state index contributed by atoms with van der Waals surface area (Å²) in [5.74, 6) is 0.770. The van der Waals surface area contributed by atoms with Crippen molar-refractivity contribution in [3.63, 3.8) is 0 Å². The highest BCUT2D eigenvalue weighted by Gasteiger charge is 2.52. The van der Waals surface area contributed by atoms with Gasteiger partial charge in [0.2, 0.25) is 5.91 Å². The number of amides is 2. The standard InChI is InChI=1S/C21H28N2O4/c1-26-17-6-4-5-16(13-17)19(24)23-14-18(20(25)22-9-2-3-10-22)21(15-23)7-11-27-12-8-21/h4-6,13,18H,2-3,7-12,14-15H2,1H3. The summed E-state index contributed by atoms with van der Waals surface area (Å²) in [6.45, 7) is 4.19. The SMILES string of the molecule is COc1cccc(C(=O)N2CC(C(=O)N3CCCC3)C3(CCOCC3)C2)c1. The topological polar surface area (TPSA) is 59.1 Å². The number of likely N-dealkylation sites (tertiary alicyclic amines) is 2. The van der Waals surface area contributed by atoms with Crippen molar-refractivity contribution in [1.29, 1.82) is 0 Å². The molecule has 4 rings (SSSR count). The molecule has 0 aliphatic carbocycles. The van der Waals surface area contributed by atoms with Gasteiger partial charge in [-0.25, -0.2) is 0 Å². The molecular weight excluding hydrogens is 344 g/mol. The minimum absolute atomic E-state index is 0.0171. The van der Waals surface area contributed by atoms with Crippen LogP contribution in [-0.4, -0.2) is 68.1 Å². The molecule has 1 aromatic rings. The largest absolute Gasteiger partial charge is 0.497 e. The van der Waals surface area contributed by atoms with Crippen LogP contribution in [0.1, 0.15) is 36.0 Å². The van der Waals surface area contributed by atoms with Gasteiger partial charge in [-0.3, -0.25) is 9.59 Å². The Hall–Kier alpha value is -2.08. The molecule has 0 aromatic heterocycles. The molecule has 6 heteroatoms. The molecule has 27 heavy (non-hydrogen) atoms. The maximum Gasteiger partial charge on any atom is 0.254 e. The summed E-state index contributed by atoms with van der Waals surface area (Å²) in [6.07, 6.45) is 3.86. The molecule has 3 aliphatic heterocycles. The Morgan fingerprint density at radius 1 is 1.15 bits per heavy atom. The number of benzene rings is 1. The number of carbonyl (C=O) groups is 2. The fourth-order valence-electron chi connectivity index (χ4n) is 4.84. The molecule has 3 heterocycles. The first-order valence-corrected chi connectivity index (χ1v) is 9.93. The van der Waals surface area contributed by atoms with E-state index in [1.54, 1.807) is 13.2 Å². The summed E-state index contributed by atoms with van der Waals surface area (Å²) in [5, 5.41) is 0. The van der Waals surface area contributed by atoms with Gasteiger partial charge in [0.15, 0.2) is 0 Å². The lowest BCUT2D eigenvalue weighted by Crippen LogP contribution is -2.45. The van der Waals surface area contributed by atoms with Crippen LogP contribution >= 0.6 is 0 Å². The van der Waals surface area contributed by atoms with Crippen LogP contribution in [0.25, 0.3) is 0 Å². The van der Waals surface area contributed by atoms with E-state index in [0.717, 1.165) is 38.8 Å². The first-order chi connectivity index (χ1) is 13.1. The lowest BCUT2D eigenvalue weighted by atomic mass is 9.71. The first-order valence-electron chi connectivity index (χ1n) is 9.93. The van der Waals surface area contributed by atoms with Crippen LogP contribution in [0.4, 0.5) is 0 Å². The zero-order valence-electron chi connectivity index (χ0n) is 16.0. The number of ether oxygens (including phenoxy) is 2. The number of nitrogens with zero attached hydrogens (tertiary/aromatic N) is 2. The third kappa shape index (κ3) is 3.43. The number of methoxy groups -OCH3 is 1. The van der Waals surface area contributed by atoms with Gasteiger partial charge in [-0.1, -0.05) is 6.07 Å². The van der Waals surface area contributed by atoms with Crippen LogP contribution in [-0.2, 0) is 9.53 Å². The number of rotatable bonds is 3. The molecule has 0 radical (unpaired) electrons. The minimum atomic E-state index is -0.146. The van der Waals surface area contributed by atoms with Crippen molar-refractivity contribution in [1.82, 2.24) is 9.80 Å². The van der Waals surface area contributed by atoms with Crippen LogP contribution < -0.4 is 4.74 Å². The third-order valence-corrected chi connectivity index (χ3v) is 6.46. The fraction of sp³-hybridized carbons (Fsp3) is 0.619. The predicted molar refractivity (Wildman–Crippen MR) is 101 cm³/mol. The Morgan fingerprint density at radius 3 is 2.59 bits per heavy atom. The molecule has 3 saturated heterocycles. The highest BCUT2D eigenvalue weighted by Crippen LogP contribution is 2.45. The zero-order valence-corrected chi connectivity index (χ0v) is 16.0. The van der Waals surface area contributed by atoms with Crippen LogP contribution in [0, 0.1) is 11.3 Å². The quantitative estimate of drug-likeness (QED) is 0.816. The molecule has 1 spiro atoms. The second-order valence-corrected chi connectivity index (χ2v) is 7.98. The summed E-state index contributed by atoms with van der Waals surface area (Å²) in [4.78, 5) is 30.3. The molecule has 1 atom stereocenters. The summed E-state index contributed by atoms with van der Waals surface area (Å²) in [7, 11) is 1.60. The van der Waals surface area contributed by atoms with Gasteiger partial charge < -0.3 is 19.3 Å². The zero-order chi connectivity index (χ0) is 18.9. The van der Waals surface area contributed by atoms with Gasteiger partial charge in [-0.05, 0) is 43.9 Å². The van der Waals surface area contributed by atoms with Crippen LogP contribution in [0.15, 0.2) is 24.3 Å². The van der Waals surface area contributed by atoms with E-state index in [1.807, 2.05) is 28.0 Å². The van der Waals surface area contributed by atoms with E-state index in [-0.39, 0.29) is 23.1 Å². The highest BCUT2D eigenvalue weighted by atomic mass is 16.5. The maximum atomic E-state index is 13.3. The Balaban J connectivity index is 1.58. The van der Waals surface area contributed by atoms with E-state index < -0.39 is 0 Å². The van der Waals surface area contributed by atoms with Gasteiger partial charge in [0, 0.05) is 50.4 Å².